The summed E-state index contributed by atoms with van der Waals surface area (Å²) in [5, 5.41) is 0. The minimum Gasteiger partial charge on any atom is -0.741 e. The van der Waals surface area contributed by atoms with Crippen molar-refractivity contribution in [1.82, 2.24) is 0 Å². The van der Waals surface area contributed by atoms with E-state index in [0.29, 0.717) is 30.7 Å². The van der Waals surface area contributed by atoms with Crippen molar-refractivity contribution in [3.05, 3.63) is 25.3 Å². The van der Waals surface area contributed by atoms with Gasteiger partial charge in [-0.3, -0.25) is 0 Å². The highest BCUT2D eigenvalue weighted by molar-refractivity contribution is 7.86. The number of piperidine rings is 1. The third-order valence-electron chi connectivity index (χ3n) is 3.00. The summed E-state index contributed by atoms with van der Waals surface area (Å²) < 4.78 is 85.8. The van der Waals surface area contributed by atoms with E-state index in [1.807, 2.05) is 0 Å². The van der Waals surface area contributed by atoms with Crippen LogP contribution < -0.4 is 0 Å². The molecule has 1 fully saturated rings. The van der Waals surface area contributed by atoms with Crippen molar-refractivity contribution in [2.75, 3.05) is 26.2 Å². The first-order chi connectivity index (χ1) is 9.87. The van der Waals surface area contributed by atoms with Gasteiger partial charge in [-0.1, -0.05) is 13.2 Å². The van der Waals surface area contributed by atoms with E-state index in [4.69, 9.17) is 13.0 Å². The zero-order chi connectivity index (χ0) is 17.6. The molecule has 22 heavy (non-hydrogen) atoms. The second kappa shape index (κ2) is 8.02. The van der Waals surface area contributed by atoms with Crippen molar-refractivity contribution in [3.63, 3.8) is 0 Å². The summed E-state index contributed by atoms with van der Waals surface area (Å²) in [4.78, 5) is 0. The minimum absolute atomic E-state index is 0.0499. The molecule has 2 atom stereocenters. The highest BCUT2D eigenvalue weighted by Crippen LogP contribution is 2.23. The largest absolute Gasteiger partial charge is 0.741 e. The zero-order valence-corrected chi connectivity index (χ0v) is 12.5. The van der Waals surface area contributed by atoms with Gasteiger partial charge in [-0.05, 0) is 12.2 Å². The minimum atomic E-state index is -6.09. The second-order valence-electron chi connectivity index (χ2n) is 4.98. The molecule has 0 N–H and O–H groups in total. The molecule has 0 unspecified atom stereocenters. The van der Waals surface area contributed by atoms with E-state index in [1.165, 1.54) is 0 Å². The summed E-state index contributed by atoms with van der Waals surface area (Å²) in [6.07, 6.45) is 1.45. The number of rotatable bonds is 4. The van der Waals surface area contributed by atoms with Gasteiger partial charge >= 0.3 is 5.51 Å². The fourth-order valence-corrected chi connectivity index (χ4v) is 2.26. The van der Waals surface area contributed by atoms with Gasteiger partial charge in [0.15, 0.2) is 22.5 Å². The molecule has 0 aromatic carbocycles. The molecule has 0 radical (unpaired) electrons. The third kappa shape index (κ3) is 6.84. The quantitative estimate of drug-likeness (QED) is 0.257. The molecule has 1 heterocycles. The third-order valence-corrected chi connectivity index (χ3v) is 3.57. The Morgan fingerprint density at radius 3 is 1.64 bits per heavy atom. The Hall–Kier alpha value is -1.00. The second-order valence-corrected chi connectivity index (χ2v) is 6.35. The number of halogens is 5. The van der Waals surface area contributed by atoms with E-state index in [2.05, 4.69) is 13.2 Å². The first kappa shape index (κ1) is 21.0. The van der Waals surface area contributed by atoms with Crippen LogP contribution in [0.15, 0.2) is 25.3 Å². The zero-order valence-electron chi connectivity index (χ0n) is 11.7. The fourth-order valence-electron chi connectivity index (χ4n) is 2.26. The van der Waals surface area contributed by atoms with Crippen molar-refractivity contribution in [2.24, 2.45) is 0 Å². The molecule has 4 nitrogen and oxygen atoms in total. The van der Waals surface area contributed by atoms with E-state index in [9.17, 15) is 22.0 Å². The molecule has 0 amide bonds. The lowest BCUT2D eigenvalue weighted by Crippen LogP contribution is -2.58. The van der Waals surface area contributed by atoms with Crippen LogP contribution in [0, 0.1) is 0 Å². The van der Waals surface area contributed by atoms with Gasteiger partial charge in [-0.25, -0.2) is 17.2 Å². The Balaban J connectivity index is 0.000000472. The van der Waals surface area contributed by atoms with E-state index < -0.39 is 28.0 Å². The molecule has 0 aliphatic carbocycles. The Morgan fingerprint density at radius 2 is 1.41 bits per heavy atom. The van der Waals surface area contributed by atoms with Crippen molar-refractivity contribution < 1.29 is 39.4 Å². The molecule has 0 spiro atoms. The number of likely N-dealkylation sites (tertiary alicyclic amines) is 1. The van der Waals surface area contributed by atoms with Crippen LogP contribution in [-0.4, -0.2) is 61.5 Å². The Morgan fingerprint density at radius 1 is 1.09 bits per heavy atom. The molecule has 1 rings (SSSR count). The first-order valence-corrected chi connectivity index (χ1v) is 7.65. The molecular formula is C12H18F5NO3S. The maximum atomic E-state index is 13.3. The van der Waals surface area contributed by atoms with Crippen LogP contribution in [0.3, 0.4) is 0 Å². The van der Waals surface area contributed by atoms with Crippen LogP contribution in [0.2, 0.25) is 0 Å². The summed E-state index contributed by atoms with van der Waals surface area (Å²) in [6.45, 7) is 9.29. The Kier molecular flexibility index (Phi) is 7.66. The topological polar surface area (TPSA) is 57.2 Å². The monoisotopic (exact) mass is 351 g/mol. The van der Waals surface area contributed by atoms with Crippen LogP contribution >= 0.6 is 0 Å². The molecule has 10 heteroatoms. The Labute approximate surface area is 126 Å². The molecule has 1 aliphatic rings. The van der Waals surface area contributed by atoms with Gasteiger partial charge in [0.25, 0.3) is 0 Å². The molecule has 0 bridgehead atoms. The maximum Gasteiger partial charge on any atom is 0.485 e. The van der Waals surface area contributed by atoms with Crippen molar-refractivity contribution in [1.29, 1.82) is 0 Å². The SMILES string of the molecule is C=CC[N+]1(CC=C)C[C@H](F)C[C@H](F)C1.O=S(=O)([O-])C(F)(F)F. The molecule has 0 saturated carbocycles. The van der Waals surface area contributed by atoms with Crippen LogP contribution in [0.4, 0.5) is 22.0 Å². The number of alkyl halides is 5. The molecule has 0 aromatic heterocycles. The molecule has 1 aliphatic heterocycles. The van der Waals surface area contributed by atoms with Crippen LogP contribution in [0.25, 0.3) is 0 Å². The van der Waals surface area contributed by atoms with E-state index >= 15 is 0 Å². The van der Waals surface area contributed by atoms with E-state index in [1.54, 1.807) is 12.2 Å². The molecule has 130 valence electrons. The molecule has 0 aromatic rings. The average Bonchev–Trinajstić information content (AvgIpc) is 2.25. The van der Waals surface area contributed by atoms with Gasteiger partial charge in [-0.2, -0.15) is 13.2 Å². The average molecular weight is 351 g/mol. The number of nitrogens with zero attached hydrogens (tertiary/aromatic N) is 1. The van der Waals surface area contributed by atoms with Gasteiger partial charge < -0.3 is 9.04 Å². The fraction of sp³-hybridized carbons (Fsp3) is 0.667. The van der Waals surface area contributed by atoms with E-state index in [0.717, 1.165) is 0 Å². The van der Waals surface area contributed by atoms with Gasteiger partial charge in [-0.15, -0.1) is 0 Å². The highest BCUT2D eigenvalue weighted by atomic mass is 32.2. The normalized spacial score (nSPS) is 24.8. The summed E-state index contributed by atoms with van der Waals surface area (Å²) in [5.74, 6) is 0. The van der Waals surface area contributed by atoms with Gasteiger partial charge in [0.05, 0.1) is 13.1 Å². The summed E-state index contributed by atoms with van der Waals surface area (Å²) in [6, 6.07) is 0. The van der Waals surface area contributed by atoms with Crippen LogP contribution in [0.5, 0.6) is 0 Å². The summed E-state index contributed by atoms with van der Waals surface area (Å²) in [5.41, 5.74) is -5.65. The maximum absolute atomic E-state index is 13.3. The van der Waals surface area contributed by atoms with Crippen LogP contribution in [-0.2, 0) is 10.1 Å². The number of hydrogen-bond acceptors (Lipinski definition) is 3. The highest BCUT2D eigenvalue weighted by Gasteiger charge is 2.39. The lowest BCUT2D eigenvalue weighted by atomic mass is 10.0. The molecular weight excluding hydrogens is 333 g/mol. The van der Waals surface area contributed by atoms with Crippen LogP contribution in [0.1, 0.15) is 6.42 Å². The standard InChI is InChI=1S/C11H18F2N.CHF3O3S/c1-3-5-14(6-4-2)8-10(12)7-11(13)9-14;2-1(3,4)8(5,6)7/h3-4,10-11H,1-2,5-9H2;(H,5,6,7)/q+1;/p-1/t10-,11+;. The predicted molar refractivity (Wildman–Crippen MR) is 70.3 cm³/mol. The first-order valence-electron chi connectivity index (χ1n) is 6.24. The van der Waals surface area contributed by atoms with Gasteiger partial charge in [0.2, 0.25) is 0 Å². The number of quaternary nitrogens is 1. The lowest BCUT2D eigenvalue weighted by molar-refractivity contribution is -0.926. The number of hydrogen-bond donors (Lipinski definition) is 0. The smallest absolute Gasteiger partial charge is 0.485 e. The molecule has 1 saturated heterocycles. The van der Waals surface area contributed by atoms with Gasteiger partial charge in [0, 0.05) is 6.42 Å². The summed E-state index contributed by atoms with van der Waals surface area (Å²) in [7, 11) is -6.09. The van der Waals surface area contributed by atoms with Crippen molar-refractivity contribution in [3.8, 4) is 0 Å². The summed E-state index contributed by atoms with van der Waals surface area (Å²) >= 11 is 0. The predicted octanol–water partition coefficient (Wildman–Crippen LogP) is 2.31. The Bertz CT molecular complexity index is 456. The van der Waals surface area contributed by atoms with Crippen molar-refractivity contribution in [2.45, 2.75) is 24.3 Å². The van der Waals surface area contributed by atoms with E-state index in [-0.39, 0.29) is 6.42 Å². The van der Waals surface area contributed by atoms with Crippen molar-refractivity contribution >= 4 is 10.1 Å². The van der Waals surface area contributed by atoms with Gasteiger partial charge in [0.1, 0.15) is 13.1 Å². The lowest BCUT2D eigenvalue weighted by Gasteiger charge is -2.42.